The van der Waals surface area contributed by atoms with Crippen molar-refractivity contribution >= 4 is 23.7 Å². The van der Waals surface area contributed by atoms with Crippen LogP contribution in [0.2, 0.25) is 0 Å². The molecule has 0 amide bonds. The van der Waals surface area contributed by atoms with E-state index in [1.54, 1.807) is 40.2 Å². The molecule has 0 atom stereocenters. The third-order valence-electron chi connectivity index (χ3n) is 9.11. The van der Waals surface area contributed by atoms with Crippen molar-refractivity contribution in [1.82, 2.24) is 9.80 Å². The van der Waals surface area contributed by atoms with Gasteiger partial charge in [0.15, 0.2) is 34.6 Å². The third-order valence-corrected chi connectivity index (χ3v) is 9.11. The van der Waals surface area contributed by atoms with Crippen LogP contribution in [0.5, 0.6) is 23.0 Å². The number of likely N-dealkylation sites (tertiary alicyclic amines) is 2. The molecule has 2 heterocycles. The molecule has 0 bridgehead atoms. The first-order valence-electron chi connectivity index (χ1n) is 17.3. The molecule has 2 aromatic carbocycles. The summed E-state index contributed by atoms with van der Waals surface area (Å²) in [6.07, 6.45) is 16.1. The fraction of sp³-hybridized carbons (Fsp3) is 0.538. The Morgan fingerprint density at radius 3 is 1.43 bits per heavy atom. The number of piperidine rings is 2. The van der Waals surface area contributed by atoms with Gasteiger partial charge in [-0.15, -0.1) is 0 Å². The van der Waals surface area contributed by atoms with Gasteiger partial charge in [0.05, 0.1) is 32.8 Å². The first-order valence-corrected chi connectivity index (χ1v) is 17.3. The van der Waals surface area contributed by atoms with Crippen LogP contribution in [0.3, 0.4) is 0 Å². The van der Waals surface area contributed by atoms with E-state index in [-0.39, 0.29) is 11.6 Å². The first kappa shape index (κ1) is 36.2. The maximum Gasteiger partial charge on any atom is 0.169 e. The number of allylic oxidation sites excluding steroid dienone is 2. The molecule has 2 aliphatic heterocycles. The Bertz CT molecular complexity index is 1250. The zero-order valence-corrected chi connectivity index (χ0v) is 28.9. The normalized spacial score (nSPS) is 16.4. The van der Waals surface area contributed by atoms with E-state index in [4.69, 9.17) is 18.9 Å². The fourth-order valence-corrected chi connectivity index (χ4v) is 6.00. The van der Waals surface area contributed by atoms with Crippen molar-refractivity contribution in [2.45, 2.75) is 65.2 Å². The van der Waals surface area contributed by atoms with Crippen molar-refractivity contribution in [1.29, 1.82) is 0 Å². The van der Waals surface area contributed by atoms with E-state index in [1.165, 1.54) is 76.9 Å². The van der Waals surface area contributed by atoms with E-state index in [9.17, 15) is 9.59 Å². The summed E-state index contributed by atoms with van der Waals surface area (Å²) in [5, 5.41) is 0. The molecule has 8 heteroatoms. The maximum absolute atomic E-state index is 13.1. The summed E-state index contributed by atoms with van der Waals surface area (Å²) in [4.78, 5) is 31.3. The molecule has 0 unspecified atom stereocenters. The summed E-state index contributed by atoms with van der Waals surface area (Å²) < 4.78 is 23.1. The number of rotatable bonds is 18. The van der Waals surface area contributed by atoms with Crippen LogP contribution in [-0.4, -0.2) is 88.1 Å². The van der Waals surface area contributed by atoms with Gasteiger partial charge in [-0.2, -0.15) is 0 Å². The largest absolute Gasteiger partial charge is 0.493 e. The standard InChI is InChI=1S/C39H54N2O6/c1-39(2,37(42)19-15-31-13-17-33(35(29-31)44-3)46-27-11-25-40-21-7-5-8-22-40)38(43)20-16-32-14-18-34(36(30-32)45-4)47-28-12-26-41-23-9-6-10-24-41/h13-20,29-30H,5-12,21-28H2,1-4H3/b19-15+,20-16+. The Hall–Kier alpha value is -3.62. The lowest BCUT2D eigenvalue weighted by molar-refractivity contribution is -0.132. The minimum absolute atomic E-state index is 0.282. The molecule has 0 radical (unpaired) electrons. The summed E-state index contributed by atoms with van der Waals surface area (Å²) in [5.41, 5.74) is 0.349. The molecule has 4 rings (SSSR count). The lowest BCUT2D eigenvalue weighted by atomic mass is 9.82. The average Bonchev–Trinajstić information content (AvgIpc) is 3.11. The highest BCUT2D eigenvalue weighted by molar-refractivity contribution is 6.16. The molecule has 2 fully saturated rings. The van der Waals surface area contributed by atoms with E-state index in [2.05, 4.69) is 9.80 Å². The van der Waals surface area contributed by atoms with Crippen molar-refractivity contribution in [3.05, 3.63) is 59.7 Å². The van der Waals surface area contributed by atoms with Crippen molar-refractivity contribution in [2.24, 2.45) is 5.41 Å². The molecule has 2 saturated heterocycles. The molecular formula is C39H54N2O6. The Morgan fingerprint density at radius 2 is 1.04 bits per heavy atom. The maximum atomic E-state index is 13.1. The summed E-state index contributed by atoms with van der Waals surface area (Å²) >= 11 is 0. The summed E-state index contributed by atoms with van der Waals surface area (Å²) in [6.45, 7) is 11.3. The highest BCUT2D eigenvalue weighted by atomic mass is 16.5. The van der Waals surface area contributed by atoms with E-state index in [0.29, 0.717) is 36.2 Å². The number of hydrogen-bond donors (Lipinski definition) is 0. The van der Waals surface area contributed by atoms with Gasteiger partial charge < -0.3 is 28.7 Å². The average molecular weight is 647 g/mol. The predicted octanol–water partition coefficient (Wildman–Crippen LogP) is 7.10. The van der Waals surface area contributed by atoms with Gasteiger partial charge in [-0.3, -0.25) is 9.59 Å². The number of carbonyl (C=O) groups excluding carboxylic acids is 2. The number of hydrogen-bond acceptors (Lipinski definition) is 8. The molecule has 0 aromatic heterocycles. The first-order chi connectivity index (χ1) is 22.8. The van der Waals surface area contributed by atoms with Gasteiger partial charge in [0, 0.05) is 13.1 Å². The predicted molar refractivity (Wildman–Crippen MR) is 189 cm³/mol. The van der Waals surface area contributed by atoms with Crippen molar-refractivity contribution < 1.29 is 28.5 Å². The Balaban J connectivity index is 1.26. The molecule has 0 spiro atoms. The summed E-state index contributed by atoms with van der Waals surface area (Å²) in [6, 6.07) is 11.2. The van der Waals surface area contributed by atoms with E-state index in [0.717, 1.165) is 37.1 Å². The second-order valence-electron chi connectivity index (χ2n) is 13.0. The van der Waals surface area contributed by atoms with Gasteiger partial charge in [0.1, 0.15) is 0 Å². The van der Waals surface area contributed by atoms with E-state index >= 15 is 0 Å². The second kappa shape index (κ2) is 18.6. The number of benzene rings is 2. The van der Waals surface area contributed by atoms with Crippen LogP contribution < -0.4 is 18.9 Å². The van der Waals surface area contributed by atoms with Crippen LogP contribution in [-0.2, 0) is 9.59 Å². The van der Waals surface area contributed by atoms with Crippen LogP contribution in [0.15, 0.2) is 48.6 Å². The van der Waals surface area contributed by atoms with Crippen molar-refractivity contribution in [3.63, 3.8) is 0 Å². The van der Waals surface area contributed by atoms with Crippen LogP contribution in [0.4, 0.5) is 0 Å². The molecular weight excluding hydrogens is 592 g/mol. The number of methoxy groups -OCH3 is 2. The number of ether oxygens (including phenoxy) is 4. The smallest absolute Gasteiger partial charge is 0.169 e. The highest BCUT2D eigenvalue weighted by Crippen LogP contribution is 2.31. The second-order valence-corrected chi connectivity index (χ2v) is 13.0. The van der Waals surface area contributed by atoms with Gasteiger partial charge >= 0.3 is 0 Å². The van der Waals surface area contributed by atoms with Crippen molar-refractivity contribution in [2.75, 3.05) is 66.7 Å². The van der Waals surface area contributed by atoms with Gasteiger partial charge in [0.2, 0.25) is 0 Å². The molecule has 47 heavy (non-hydrogen) atoms. The lowest BCUT2D eigenvalue weighted by Crippen LogP contribution is -2.31. The van der Waals surface area contributed by atoms with Gasteiger partial charge in [-0.1, -0.05) is 37.1 Å². The van der Waals surface area contributed by atoms with Crippen LogP contribution >= 0.6 is 0 Å². The molecule has 0 saturated carbocycles. The van der Waals surface area contributed by atoms with Crippen molar-refractivity contribution in [3.8, 4) is 23.0 Å². The molecule has 2 aromatic rings. The number of nitrogens with zero attached hydrogens (tertiary/aromatic N) is 2. The number of ketones is 2. The summed E-state index contributed by atoms with van der Waals surface area (Å²) in [7, 11) is 3.21. The molecule has 2 aliphatic rings. The monoisotopic (exact) mass is 646 g/mol. The van der Waals surface area contributed by atoms with Gasteiger partial charge in [0.25, 0.3) is 0 Å². The Morgan fingerprint density at radius 1 is 0.638 bits per heavy atom. The SMILES string of the molecule is COc1cc(/C=C/C(=O)C(C)(C)C(=O)/C=C/c2ccc(OCCCN3CCCCC3)c(OC)c2)ccc1OCCCN1CCCCC1. The third kappa shape index (κ3) is 11.2. The molecule has 256 valence electrons. The highest BCUT2D eigenvalue weighted by Gasteiger charge is 2.32. The van der Waals surface area contributed by atoms with Gasteiger partial charge in [-0.25, -0.2) is 0 Å². The minimum Gasteiger partial charge on any atom is -0.493 e. The van der Waals surface area contributed by atoms with Crippen LogP contribution in [0.25, 0.3) is 12.2 Å². The zero-order chi connectivity index (χ0) is 33.5. The van der Waals surface area contributed by atoms with E-state index < -0.39 is 5.41 Å². The Labute approximate surface area is 281 Å². The van der Waals surface area contributed by atoms with Crippen LogP contribution in [0, 0.1) is 5.41 Å². The lowest BCUT2D eigenvalue weighted by Gasteiger charge is -2.26. The van der Waals surface area contributed by atoms with Crippen LogP contribution in [0.1, 0.15) is 76.3 Å². The fourth-order valence-electron chi connectivity index (χ4n) is 6.00. The molecule has 8 nitrogen and oxygen atoms in total. The molecule has 0 N–H and O–H groups in total. The summed E-state index contributed by atoms with van der Waals surface area (Å²) in [5.74, 6) is 2.02. The topological polar surface area (TPSA) is 77.5 Å². The molecule has 0 aliphatic carbocycles. The number of carbonyl (C=O) groups is 2. The van der Waals surface area contributed by atoms with E-state index in [1.807, 2.05) is 36.4 Å². The van der Waals surface area contributed by atoms with Gasteiger partial charge in [-0.05, 0) is 126 Å². The zero-order valence-electron chi connectivity index (χ0n) is 28.9. The minimum atomic E-state index is -1.23. The quantitative estimate of drug-likeness (QED) is 0.0964. The Kier molecular flexibility index (Phi) is 14.4.